The molecule has 0 amide bonds. The maximum atomic E-state index is 4.64. The van der Waals surface area contributed by atoms with Gasteiger partial charge in [0.25, 0.3) is 0 Å². The van der Waals surface area contributed by atoms with E-state index in [9.17, 15) is 0 Å². The summed E-state index contributed by atoms with van der Waals surface area (Å²) in [6, 6.07) is 4.18. The molecular formula is C16H17N5. The van der Waals surface area contributed by atoms with Crippen LogP contribution >= 0.6 is 0 Å². The van der Waals surface area contributed by atoms with Crippen LogP contribution in [0, 0.1) is 13.8 Å². The fraction of sp³-hybridized carbons (Fsp3) is 0.312. The first-order valence-corrected chi connectivity index (χ1v) is 7.16. The summed E-state index contributed by atoms with van der Waals surface area (Å²) in [4.78, 5) is 11.4. The van der Waals surface area contributed by atoms with E-state index in [1.807, 2.05) is 23.7 Å². The van der Waals surface area contributed by atoms with Crippen molar-refractivity contribution in [3.8, 4) is 11.3 Å². The minimum Gasteiger partial charge on any atom is -0.359 e. The Labute approximate surface area is 123 Å². The van der Waals surface area contributed by atoms with E-state index in [0.29, 0.717) is 0 Å². The Kier molecular flexibility index (Phi) is 2.51. The molecular weight excluding hydrogens is 262 g/mol. The molecule has 4 rings (SSSR count). The monoisotopic (exact) mass is 279 g/mol. The van der Waals surface area contributed by atoms with Crippen LogP contribution in [-0.4, -0.2) is 33.2 Å². The lowest BCUT2D eigenvalue weighted by atomic mass is 10.1. The molecule has 0 bridgehead atoms. The third-order valence-corrected chi connectivity index (χ3v) is 4.31. The molecule has 21 heavy (non-hydrogen) atoms. The van der Waals surface area contributed by atoms with Crippen molar-refractivity contribution < 1.29 is 0 Å². The molecule has 1 aliphatic rings. The maximum absolute atomic E-state index is 4.64. The average molecular weight is 279 g/mol. The standard InChI is InChI=1S/C16H17N5/c1-10-11(2)19-14-4-6-18-21(14)15(10)13-8-12-5-7-20(3)16(12)17-9-13/h4,6,8-9H,5,7H2,1-3H3. The largest absolute Gasteiger partial charge is 0.359 e. The van der Waals surface area contributed by atoms with Gasteiger partial charge in [0.1, 0.15) is 5.82 Å². The fourth-order valence-electron chi connectivity index (χ4n) is 3.03. The molecule has 0 fully saturated rings. The van der Waals surface area contributed by atoms with Gasteiger partial charge < -0.3 is 4.90 Å². The van der Waals surface area contributed by atoms with Crippen molar-refractivity contribution in [1.82, 2.24) is 19.6 Å². The van der Waals surface area contributed by atoms with Gasteiger partial charge in [-0.25, -0.2) is 14.5 Å². The third-order valence-electron chi connectivity index (χ3n) is 4.31. The minimum atomic E-state index is 0.880. The second-order valence-electron chi connectivity index (χ2n) is 5.65. The Balaban J connectivity index is 1.99. The van der Waals surface area contributed by atoms with Crippen LogP contribution in [0.2, 0.25) is 0 Å². The van der Waals surface area contributed by atoms with Crippen LogP contribution in [-0.2, 0) is 6.42 Å². The normalized spacial score (nSPS) is 14.0. The average Bonchev–Trinajstić information content (AvgIpc) is 3.07. The first-order chi connectivity index (χ1) is 10.1. The number of pyridine rings is 1. The predicted octanol–water partition coefficient (Wildman–Crippen LogP) is 2.40. The highest BCUT2D eigenvalue weighted by Crippen LogP contribution is 2.31. The summed E-state index contributed by atoms with van der Waals surface area (Å²) in [5, 5.41) is 4.42. The predicted molar refractivity (Wildman–Crippen MR) is 82.7 cm³/mol. The molecule has 1 aliphatic heterocycles. The molecule has 5 nitrogen and oxygen atoms in total. The van der Waals surface area contributed by atoms with Gasteiger partial charge in [0.15, 0.2) is 5.65 Å². The van der Waals surface area contributed by atoms with Crippen molar-refractivity contribution in [2.45, 2.75) is 20.3 Å². The van der Waals surface area contributed by atoms with Gasteiger partial charge in [-0.1, -0.05) is 0 Å². The zero-order valence-electron chi connectivity index (χ0n) is 12.5. The molecule has 0 saturated heterocycles. The van der Waals surface area contributed by atoms with Gasteiger partial charge in [-0.15, -0.1) is 0 Å². The van der Waals surface area contributed by atoms with E-state index in [0.717, 1.165) is 46.9 Å². The lowest BCUT2D eigenvalue weighted by molar-refractivity contribution is 0.923. The molecule has 5 heteroatoms. The number of hydrogen-bond acceptors (Lipinski definition) is 4. The van der Waals surface area contributed by atoms with Crippen molar-refractivity contribution in [2.24, 2.45) is 0 Å². The summed E-state index contributed by atoms with van der Waals surface area (Å²) in [7, 11) is 2.09. The smallest absolute Gasteiger partial charge is 0.155 e. The summed E-state index contributed by atoms with van der Waals surface area (Å²) in [5.41, 5.74) is 6.58. The number of aromatic nitrogens is 4. The van der Waals surface area contributed by atoms with E-state index in [1.165, 1.54) is 5.56 Å². The van der Waals surface area contributed by atoms with Gasteiger partial charge in [0.2, 0.25) is 0 Å². The van der Waals surface area contributed by atoms with E-state index < -0.39 is 0 Å². The fourth-order valence-corrected chi connectivity index (χ4v) is 3.03. The quantitative estimate of drug-likeness (QED) is 0.686. The molecule has 0 atom stereocenters. The lowest BCUT2D eigenvalue weighted by Gasteiger charge is -2.13. The Bertz CT molecular complexity index is 849. The van der Waals surface area contributed by atoms with Gasteiger partial charge in [-0.2, -0.15) is 5.10 Å². The summed E-state index contributed by atoms with van der Waals surface area (Å²) in [5.74, 6) is 1.10. The zero-order valence-corrected chi connectivity index (χ0v) is 12.5. The number of hydrogen-bond donors (Lipinski definition) is 0. The summed E-state index contributed by atoms with van der Waals surface area (Å²) in [6.07, 6.45) is 4.79. The van der Waals surface area contributed by atoms with E-state index >= 15 is 0 Å². The van der Waals surface area contributed by atoms with Crippen LogP contribution in [0.3, 0.4) is 0 Å². The zero-order chi connectivity index (χ0) is 14.6. The van der Waals surface area contributed by atoms with Crippen LogP contribution in [0.15, 0.2) is 24.5 Å². The number of anilines is 1. The third kappa shape index (κ3) is 1.73. The Morgan fingerprint density at radius 2 is 2.10 bits per heavy atom. The van der Waals surface area contributed by atoms with E-state index in [2.05, 4.69) is 40.0 Å². The van der Waals surface area contributed by atoms with Crippen LogP contribution in [0.5, 0.6) is 0 Å². The second-order valence-corrected chi connectivity index (χ2v) is 5.65. The molecule has 0 aromatic carbocycles. The van der Waals surface area contributed by atoms with Crippen molar-refractivity contribution in [3.05, 3.63) is 41.3 Å². The number of nitrogens with zero attached hydrogens (tertiary/aromatic N) is 5. The van der Waals surface area contributed by atoms with Crippen LogP contribution in [0.4, 0.5) is 5.82 Å². The maximum Gasteiger partial charge on any atom is 0.155 e. The number of rotatable bonds is 1. The molecule has 3 aromatic rings. The Morgan fingerprint density at radius 3 is 2.95 bits per heavy atom. The van der Waals surface area contributed by atoms with Gasteiger partial charge >= 0.3 is 0 Å². The van der Waals surface area contributed by atoms with E-state index in [-0.39, 0.29) is 0 Å². The molecule has 3 aromatic heterocycles. The first-order valence-electron chi connectivity index (χ1n) is 7.16. The minimum absolute atomic E-state index is 0.880. The molecule has 0 saturated carbocycles. The highest BCUT2D eigenvalue weighted by Gasteiger charge is 2.19. The molecule has 0 unspecified atom stereocenters. The SMILES string of the molecule is Cc1nc2ccnn2c(-c2cnc3c(c2)CCN3C)c1C. The van der Waals surface area contributed by atoms with Gasteiger partial charge in [0.05, 0.1) is 11.9 Å². The van der Waals surface area contributed by atoms with Crippen molar-refractivity contribution in [1.29, 1.82) is 0 Å². The lowest BCUT2D eigenvalue weighted by Crippen LogP contribution is -2.13. The molecule has 0 radical (unpaired) electrons. The van der Waals surface area contributed by atoms with Crippen LogP contribution < -0.4 is 4.90 Å². The van der Waals surface area contributed by atoms with Crippen LogP contribution in [0.1, 0.15) is 16.8 Å². The topological polar surface area (TPSA) is 46.3 Å². The summed E-state index contributed by atoms with van der Waals surface area (Å²) in [6.45, 7) is 5.18. The number of aryl methyl sites for hydroxylation is 1. The molecule has 0 N–H and O–H groups in total. The van der Waals surface area contributed by atoms with E-state index in [4.69, 9.17) is 0 Å². The van der Waals surface area contributed by atoms with Crippen molar-refractivity contribution in [2.75, 3.05) is 18.5 Å². The van der Waals surface area contributed by atoms with Gasteiger partial charge in [-0.3, -0.25) is 0 Å². The number of fused-ring (bicyclic) bond motifs is 2. The Hall–Kier alpha value is -2.43. The van der Waals surface area contributed by atoms with Crippen molar-refractivity contribution in [3.63, 3.8) is 0 Å². The first kappa shape index (κ1) is 12.3. The molecule has 0 spiro atoms. The highest BCUT2D eigenvalue weighted by molar-refractivity contribution is 5.69. The van der Waals surface area contributed by atoms with E-state index in [1.54, 1.807) is 6.20 Å². The summed E-state index contributed by atoms with van der Waals surface area (Å²) >= 11 is 0. The summed E-state index contributed by atoms with van der Waals surface area (Å²) < 4.78 is 1.91. The number of likely N-dealkylation sites (N-methyl/N-ethyl adjacent to an activating group) is 1. The van der Waals surface area contributed by atoms with Gasteiger partial charge in [0, 0.05) is 37.1 Å². The molecule has 0 aliphatic carbocycles. The van der Waals surface area contributed by atoms with Crippen LogP contribution in [0.25, 0.3) is 16.9 Å². The molecule has 106 valence electrons. The highest BCUT2D eigenvalue weighted by atomic mass is 15.3. The van der Waals surface area contributed by atoms with Gasteiger partial charge in [-0.05, 0) is 37.5 Å². The second kappa shape index (κ2) is 4.28. The molecule has 4 heterocycles. The van der Waals surface area contributed by atoms with Crippen molar-refractivity contribution >= 4 is 11.5 Å². The Morgan fingerprint density at radius 1 is 1.24 bits per heavy atom.